The molecule has 1 fully saturated rings. The molecule has 0 bridgehead atoms. The first-order valence-corrected chi connectivity index (χ1v) is 5.10. The molecule has 2 N–H and O–H groups in total. The zero-order valence-electron chi connectivity index (χ0n) is 9.06. The van der Waals surface area contributed by atoms with Gasteiger partial charge in [-0.1, -0.05) is 0 Å². The molecule has 1 aliphatic carbocycles. The van der Waals surface area contributed by atoms with Gasteiger partial charge in [-0.2, -0.15) is 0 Å². The van der Waals surface area contributed by atoms with E-state index in [-0.39, 0.29) is 17.8 Å². The van der Waals surface area contributed by atoms with Gasteiger partial charge < -0.3 is 15.2 Å². The summed E-state index contributed by atoms with van der Waals surface area (Å²) in [5, 5.41) is 0. The van der Waals surface area contributed by atoms with Crippen LogP contribution in [0.25, 0.3) is 0 Å². The average molecular weight is 215 g/mol. The number of ether oxygens (including phenoxy) is 2. The van der Waals surface area contributed by atoms with Crippen LogP contribution in [0.1, 0.15) is 19.8 Å². The van der Waals surface area contributed by atoms with Crippen LogP contribution >= 0.6 is 0 Å². The Kier molecular flexibility index (Phi) is 4.08. The van der Waals surface area contributed by atoms with E-state index in [9.17, 15) is 9.59 Å². The van der Waals surface area contributed by atoms with Crippen molar-refractivity contribution in [2.24, 2.45) is 17.6 Å². The Hall–Kier alpha value is -1.10. The van der Waals surface area contributed by atoms with Gasteiger partial charge in [0.05, 0.1) is 19.6 Å². The smallest absolute Gasteiger partial charge is 0.322 e. The van der Waals surface area contributed by atoms with Gasteiger partial charge in [0.25, 0.3) is 0 Å². The van der Waals surface area contributed by atoms with Gasteiger partial charge in [-0.15, -0.1) is 0 Å². The van der Waals surface area contributed by atoms with Crippen molar-refractivity contribution in [3.8, 4) is 0 Å². The fourth-order valence-corrected chi connectivity index (χ4v) is 1.62. The molecule has 0 heterocycles. The number of carbonyl (C=O) groups is 2. The van der Waals surface area contributed by atoms with Crippen LogP contribution in [0.5, 0.6) is 0 Å². The van der Waals surface area contributed by atoms with Crippen molar-refractivity contribution in [3.05, 3.63) is 0 Å². The lowest BCUT2D eigenvalue weighted by Gasteiger charge is -2.08. The molecule has 0 aromatic heterocycles. The highest BCUT2D eigenvalue weighted by Crippen LogP contribution is 2.42. The van der Waals surface area contributed by atoms with Crippen LogP contribution in [0, 0.1) is 11.8 Å². The molecule has 1 saturated carbocycles. The summed E-state index contributed by atoms with van der Waals surface area (Å²) in [6.45, 7) is 2.17. The number of carbonyl (C=O) groups excluding carboxylic acids is 2. The average Bonchev–Trinajstić information content (AvgIpc) is 2.96. The predicted octanol–water partition coefficient (Wildman–Crippen LogP) is 0.0760. The van der Waals surface area contributed by atoms with E-state index < -0.39 is 12.0 Å². The first-order chi connectivity index (χ1) is 7.10. The second-order valence-electron chi connectivity index (χ2n) is 3.72. The van der Waals surface area contributed by atoms with E-state index in [0.717, 1.165) is 6.42 Å². The highest BCUT2D eigenvalue weighted by atomic mass is 16.5. The first-order valence-electron chi connectivity index (χ1n) is 5.10. The zero-order chi connectivity index (χ0) is 11.4. The van der Waals surface area contributed by atoms with Gasteiger partial charge in [-0.3, -0.25) is 9.59 Å². The van der Waals surface area contributed by atoms with Gasteiger partial charge in [0.15, 0.2) is 0 Å². The summed E-state index contributed by atoms with van der Waals surface area (Å²) in [7, 11) is 1.30. The lowest BCUT2D eigenvalue weighted by Crippen LogP contribution is -2.32. The van der Waals surface area contributed by atoms with Crippen LogP contribution < -0.4 is 5.73 Å². The summed E-state index contributed by atoms with van der Waals surface area (Å²) >= 11 is 0. The highest BCUT2D eigenvalue weighted by molar-refractivity contribution is 5.77. The molecule has 0 amide bonds. The Morgan fingerprint density at radius 3 is 2.73 bits per heavy atom. The number of hydrogen-bond acceptors (Lipinski definition) is 5. The molecule has 0 saturated heterocycles. The van der Waals surface area contributed by atoms with Gasteiger partial charge in [-0.25, -0.2) is 0 Å². The molecule has 0 aromatic carbocycles. The van der Waals surface area contributed by atoms with Gasteiger partial charge in [0.2, 0.25) is 0 Å². The minimum atomic E-state index is -0.626. The highest BCUT2D eigenvalue weighted by Gasteiger charge is 2.45. The first kappa shape index (κ1) is 12.0. The van der Waals surface area contributed by atoms with Crippen molar-refractivity contribution in [1.82, 2.24) is 0 Å². The maximum absolute atomic E-state index is 11.3. The van der Waals surface area contributed by atoms with Crippen molar-refractivity contribution in [3.63, 3.8) is 0 Å². The van der Waals surface area contributed by atoms with Crippen LogP contribution in [0.2, 0.25) is 0 Å². The molecule has 3 atom stereocenters. The van der Waals surface area contributed by atoms with E-state index in [1.807, 2.05) is 0 Å². The molecule has 0 aromatic rings. The van der Waals surface area contributed by atoms with Gasteiger partial charge in [0.1, 0.15) is 6.04 Å². The van der Waals surface area contributed by atoms with Crippen LogP contribution in [0.15, 0.2) is 0 Å². The van der Waals surface area contributed by atoms with Crippen molar-refractivity contribution < 1.29 is 19.1 Å². The lowest BCUT2D eigenvalue weighted by molar-refractivity contribution is -0.146. The van der Waals surface area contributed by atoms with Gasteiger partial charge in [-0.05, 0) is 25.7 Å². The Labute approximate surface area is 88.9 Å². The molecular weight excluding hydrogens is 198 g/mol. The molecule has 1 aliphatic rings. The predicted molar refractivity (Wildman–Crippen MR) is 52.8 cm³/mol. The fourth-order valence-electron chi connectivity index (χ4n) is 1.62. The maximum Gasteiger partial charge on any atom is 0.322 e. The van der Waals surface area contributed by atoms with E-state index >= 15 is 0 Å². The Balaban J connectivity index is 2.27. The summed E-state index contributed by atoms with van der Waals surface area (Å²) in [6, 6.07) is -0.626. The third-order valence-corrected chi connectivity index (χ3v) is 2.57. The number of rotatable bonds is 5. The third-order valence-electron chi connectivity index (χ3n) is 2.57. The topological polar surface area (TPSA) is 78.6 Å². The fraction of sp³-hybridized carbons (Fsp3) is 0.800. The van der Waals surface area contributed by atoms with Gasteiger partial charge in [0, 0.05) is 0 Å². The van der Waals surface area contributed by atoms with E-state index in [4.69, 9.17) is 10.5 Å². The molecule has 0 unspecified atom stereocenters. The molecule has 0 aliphatic heterocycles. The molecule has 0 spiro atoms. The van der Waals surface area contributed by atoms with Crippen LogP contribution in [-0.4, -0.2) is 31.7 Å². The molecule has 5 nitrogen and oxygen atoms in total. The quantitative estimate of drug-likeness (QED) is 0.657. The van der Waals surface area contributed by atoms with Gasteiger partial charge >= 0.3 is 11.9 Å². The van der Waals surface area contributed by atoms with Crippen molar-refractivity contribution >= 4 is 11.9 Å². The minimum Gasteiger partial charge on any atom is -0.468 e. The zero-order valence-corrected chi connectivity index (χ0v) is 9.06. The van der Waals surface area contributed by atoms with Crippen molar-refractivity contribution in [1.29, 1.82) is 0 Å². The molecule has 15 heavy (non-hydrogen) atoms. The molecule has 1 rings (SSSR count). The van der Waals surface area contributed by atoms with Crippen LogP contribution in [0.3, 0.4) is 0 Å². The molecular formula is C10H17NO4. The third kappa shape index (κ3) is 3.20. The standard InChI is InChI=1S/C10H17NO4/c1-3-15-9(12)7-4-6(7)5-8(11)10(13)14-2/h6-8H,3-5,11H2,1-2H3/t6-,7-,8-/m1/s1. The molecule has 5 heteroatoms. The van der Waals surface area contributed by atoms with E-state index in [0.29, 0.717) is 13.0 Å². The number of hydrogen-bond donors (Lipinski definition) is 1. The Morgan fingerprint density at radius 1 is 1.53 bits per heavy atom. The molecule has 0 radical (unpaired) electrons. The van der Waals surface area contributed by atoms with E-state index in [1.165, 1.54) is 7.11 Å². The Bertz CT molecular complexity index is 254. The number of esters is 2. The second-order valence-corrected chi connectivity index (χ2v) is 3.72. The van der Waals surface area contributed by atoms with Crippen molar-refractivity contribution in [2.75, 3.05) is 13.7 Å². The van der Waals surface area contributed by atoms with Crippen molar-refractivity contribution in [2.45, 2.75) is 25.8 Å². The monoisotopic (exact) mass is 215 g/mol. The summed E-state index contributed by atoms with van der Waals surface area (Å²) < 4.78 is 9.37. The van der Waals surface area contributed by atoms with Crippen LogP contribution in [-0.2, 0) is 19.1 Å². The second kappa shape index (κ2) is 5.11. The summed E-state index contributed by atoms with van der Waals surface area (Å²) in [6.07, 6.45) is 1.26. The number of methoxy groups -OCH3 is 1. The molecule has 86 valence electrons. The normalized spacial score (nSPS) is 25.5. The SMILES string of the molecule is CCOC(=O)[C@@H]1C[C@@H]1C[C@@H](N)C(=O)OC. The largest absolute Gasteiger partial charge is 0.468 e. The van der Waals surface area contributed by atoms with E-state index in [2.05, 4.69) is 4.74 Å². The van der Waals surface area contributed by atoms with E-state index in [1.54, 1.807) is 6.92 Å². The summed E-state index contributed by atoms with van der Waals surface area (Å²) in [4.78, 5) is 22.3. The maximum atomic E-state index is 11.3. The minimum absolute atomic E-state index is 0.0688. The Morgan fingerprint density at radius 2 is 2.20 bits per heavy atom. The lowest BCUT2D eigenvalue weighted by atomic mass is 10.1. The number of nitrogens with two attached hydrogens (primary N) is 1. The summed E-state index contributed by atoms with van der Waals surface area (Å²) in [5.74, 6) is -0.497. The van der Waals surface area contributed by atoms with Crippen LogP contribution in [0.4, 0.5) is 0 Å². The summed E-state index contributed by atoms with van der Waals surface area (Å²) in [5.41, 5.74) is 5.58.